The number of hydrogen-bond donors (Lipinski definition) is 6. The van der Waals surface area contributed by atoms with E-state index in [0.717, 1.165) is 0 Å². The van der Waals surface area contributed by atoms with Crippen molar-refractivity contribution in [2.24, 2.45) is 0 Å². The first-order valence-electron chi connectivity index (χ1n) is 6.28. The van der Waals surface area contributed by atoms with Crippen molar-refractivity contribution >= 4 is 0 Å². The summed E-state index contributed by atoms with van der Waals surface area (Å²) in [4.78, 5) is 0. The van der Waals surface area contributed by atoms with Gasteiger partial charge in [-0.05, 0) is 0 Å². The maximum absolute atomic E-state index is 9.56. The fourth-order valence-corrected chi connectivity index (χ4v) is 1.78. The molecule has 1 aliphatic heterocycles. The Morgan fingerprint density at radius 2 is 1.85 bits per heavy atom. The Morgan fingerprint density at radius 3 is 2.40 bits per heavy atom. The second-order valence-electron chi connectivity index (χ2n) is 4.50. The minimum Gasteiger partial charge on any atom is -0.394 e. The molecule has 9 heteroatoms. The molecule has 3 unspecified atom stereocenters. The van der Waals surface area contributed by atoms with Gasteiger partial charge in [0, 0.05) is 6.42 Å². The van der Waals surface area contributed by atoms with Gasteiger partial charge in [0.05, 0.1) is 25.9 Å². The van der Waals surface area contributed by atoms with Gasteiger partial charge in [-0.2, -0.15) is 0 Å². The first kappa shape index (κ1) is 17.7. The van der Waals surface area contributed by atoms with Gasteiger partial charge in [0.25, 0.3) is 0 Å². The second kappa shape index (κ2) is 8.82. The van der Waals surface area contributed by atoms with Crippen molar-refractivity contribution in [2.75, 3.05) is 26.6 Å². The fraction of sp³-hybridized carbons (Fsp3) is 1.00. The molecule has 1 heterocycles. The average Bonchev–Trinajstić information content (AvgIpc) is 2.46. The molecule has 0 amide bonds. The lowest BCUT2D eigenvalue weighted by Crippen LogP contribution is -2.50. The van der Waals surface area contributed by atoms with Crippen LogP contribution in [0.1, 0.15) is 6.42 Å². The monoisotopic (exact) mass is 298 g/mol. The molecular weight excluding hydrogens is 276 g/mol. The van der Waals surface area contributed by atoms with Crippen molar-refractivity contribution < 1.29 is 44.8 Å². The molecule has 120 valence electrons. The van der Waals surface area contributed by atoms with Crippen molar-refractivity contribution in [1.29, 1.82) is 0 Å². The van der Waals surface area contributed by atoms with Gasteiger partial charge < -0.3 is 44.8 Å². The van der Waals surface area contributed by atoms with Gasteiger partial charge in [0.15, 0.2) is 13.1 Å². The zero-order valence-corrected chi connectivity index (χ0v) is 10.9. The third-order valence-corrected chi connectivity index (χ3v) is 3.05. The van der Waals surface area contributed by atoms with E-state index >= 15 is 0 Å². The molecule has 6 N–H and O–H groups in total. The number of ether oxygens (including phenoxy) is 3. The summed E-state index contributed by atoms with van der Waals surface area (Å²) in [5, 5.41) is 55.0. The molecule has 0 saturated carbocycles. The summed E-state index contributed by atoms with van der Waals surface area (Å²) in [6, 6.07) is 0. The minimum absolute atomic E-state index is 0.00658. The molecular formula is C11H22O9. The van der Waals surface area contributed by atoms with Crippen LogP contribution in [0.25, 0.3) is 0 Å². The molecule has 0 aromatic carbocycles. The molecule has 1 saturated heterocycles. The zero-order chi connectivity index (χ0) is 15.1. The number of rotatable bonds is 8. The van der Waals surface area contributed by atoms with Gasteiger partial charge in [-0.15, -0.1) is 0 Å². The standard InChI is InChI=1S/C11H22O9/c12-2-7(16)8(3-13)18-5-19-10-1-6(15)11(17)9(4-14)20-10/h6-17H,1-5H2/t6?,7-,8?,9?,10+,11-/m1/s1. The van der Waals surface area contributed by atoms with Crippen LogP contribution in [0, 0.1) is 0 Å². The predicted octanol–water partition coefficient (Wildman–Crippen LogP) is -3.48. The molecule has 9 nitrogen and oxygen atoms in total. The van der Waals surface area contributed by atoms with Crippen LogP contribution in [0.5, 0.6) is 0 Å². The maximum Gasteiger partial charge on any atom is 0.163 e. The van der Waals surface area contributed by atoms with Gasteiger partial charge in [-0.1, -0.05) is 0 Å². The van der Waals surface area contributed by atoms with E-state index < -0.39 is 56.6 Å². The third kappa shape index (κ3) is 4.88. The largest absolute Gasteiger partial charge is 0.394 e. The quantitative estimate of drug-likeness (QED) is 0.251. The van der Waals surface area contributed by atoms with E-state index in [2.05, 4.69) is 0 Å². The lowest BCUT2D eigenvalue weighted by atomic mass is 10.0. The summed E-state index contributed by atoms with van der Waals surface area (Å²) in [5.41, 5.74) is 0. The smallest absolute Gasteiger partial charge is 0.163 e. The molecule has 0 aromatic heterocycles. The minimum atomic E-state index is -1.24. The first-order valence-corrected chi connectivity index (χ1v) is 6.28. The summed E-state index contributed by atoms with van der Waals surface area (Å²) in [7, 11) is 0. The number of hydrogen-bond acceptors (Lipinski definition) is 9. The molecule has 1 fully saturated rings. The van der Waals surface area contributed by atoms with Crippen molar-refractivity contribution in [2.45, 2.75) is 43.2 Å². The van der Waals surface area contributed by atoms with Crippen molar-refractivity contribution in [3.63, 3.8) is 0 Å². The van der Waals surface area contributed by atoms with Gasteiger partial charge in [0.1, 0.15) is 24.4 Å². The van der Waals surface area contributed by atoms with Gasteiger partial charge in [-0.25, -0.2) is 0 Å². The number of aliphatic hydroxyl groups is 6. The van der Waals surface area contributed by atoms with E-state index in [-0.39, 0.29) is 13.2 Å². The van der Waals surface area contributed by atoms with E-state index in [1.54, 1.807) is 0 Å². The normalized spacial score (nSPS) is 33.9. The Balaban J connectivity index is 2.34. The highest BCUT2D eigenvalue weighted by atomic mass is 16.8. The summed E-state index contributed by atoms with van der Waals surface area (Å²) in [6.45, 7) is -1.89. The van der Waals surface area contributed by atoms with E-state index in [1.807, 2.05) is 0 Å². The van der Waals surface area contributed by atoms with E-state index in [9.17, 15) is 15.3 Å². The van der Waals surface area contributed by atoms with Gasteiger partial charge in [-0.3, -0.25) is 0 Å². The number of aliphatic hydroxyl groups excluding tert-OH is 6. The van der Waals surface area contributed by atoms with Gasteiger partial charge >= 0.3 is 0 Å². The Labute approximate surface area is 115 Å². The lowest BCUT2D eigenvalue weighted by Gasteiger charge is -2.36. The SMILES string of the molecule is OCC1O[C@H](OCOC(CO)[C@H](O)CO)CC(O)[C@H]1O. The molecule has 0 bridgehead atoms. The second-order valence-corrected chi connectivity index (χ2v) is 4.50. The summed E-state index contributed by atoms with van der Waals surface area (Å²) < 4.78 is 15.3. The third-order valence-electron chi connectivity index (χ3n) is 3.05. The van der Waals surface area contributed by atoms with E-state index in [0.29, 0.717) is 0 Å². The highest BCUT2D eigenvalue weighted by molar-refractivity contribution is 4.82. The van der Waals surface area contributed by atoms with Crippen LogP contribution in [0.15, 0.2) is 0 Å². The highest BCUT2D eigenvalue weighted by Gasteiger charge is 2.36. The van der Waals surface area contributed by atoms with Crippen LogP contribution in [-0.2, 0) is 14.2 Å². The van der Waals surface area contributed by atoms with Gasteiger partial charge in [0.2, 0.25) is 0 Å². The van der Waals surface area contributed by atoms with Crippen LogP contribution in [0.4, 0.5) is 0 Å². The van der Waals surface area contributed by atoms with Crippen LogP contribution in [0.2, 0.25) is 0 Å². The zero-order valence-electron chi connectivity index (χ0n) is 10.9. The average molecular weight is 298 g/mol. The molecule has 0 aliphatic carbocycles. The van der Waals surface area contributed by atoms with Crippen LogP contribution < -0.4 is 0 Å². The first-order chi connectivity index (χ1) is 9.53. The van der Waals surface area contributed by atoms with Crippen LogP contribution in [-0.4, -0.2) is 94.1 Å². The topological polar surface area (TPSA) is 149 Å². The Kier molecular flexibility index (Phi) is 7.80. The summed E-state index contributed by atoms with van der Waals surface area (Å²) >= 11 is 0. The van der Waals surface area contributed by atoms with Crippen LogP contribution >= 0.6 is 0 Å². The molecule has 1 rings (SSSR count). The lowest BCUT2D eigenvalue weighted by molar-refractivity contribution is -0.285. The highest BCUT2D eigenvalue weighted by Crippen LogP contribution is 2.21. The van der Waals surface area contributed by atoms with Crippen molar-refractivity contribution in [3.8, 4) is 0 Å². The van der Waals surface area contributed by atoms with E-state index in [4.69, 9.17) is 29.5 Å². The molecule has 0 spiro atoms. The molecule has 0 radical (unpaired) electrons. The molecule has 1 aliphatic rings. The molecule has 0 aromatic rings. The van der Waals surface area contributed by atoms with Crippen LogP contribution in [0.3, 0.4) is 0 Å². The Bertz CT molecular complexity index is 264. The molecule has 6 atom stereocenters. The Morgan fingerprint density at radius 1 is 1.15 bits per heavy atom. The maximum atomic E-state index is 9.56. The predicted molar refractivity (Wildman–Crippen MR) is 63.4 cm³/mol. The fourth-order valence-electron chi connectivity index (χ4n) is 1.78. The Hall–Kier alpha value is -0.360. The van der Waals surface area contributed by atoms with Crippen molar-refractivity contribution in [1.82, 2.24) is 0 Å². The van der Waals surface area contributed by atoms with E-state index in [1.165, 1.54) is 0 Å². The summed E-state index contributed by atoms with van der Waals surface area (Å²) in [6.07, 6.45) is -6.39. The summed E-state index contributed by atoms with van der Waals surface area (Å²) in [5.74, 6) is 0. The molecule has 20 heavy (non-hydrogen) atoms. The van der Waals surface area contributed by atoms with Crippen molar-refractivity contribution in [3.05, 3.63) is 0 Å².